The van der Waals surface area contributed by atoms with Crippen LogP contribution in [0.4, 0.5) is 0 Å². The number of aliphatic carboxylic acids is 3. The summed E-state index contributed by atoms with van der Waals surface area (Å²) in [5, 5.41) is 57.7. The number of carboxylic acid groups (broad SMARTS) is 3. The molecule has 0 aromatic rings. The Morgan fingerprint density at radius 3 is 0.838 bits per heavy atom. The summed E-state index contributed by atoms with van der Waals surface area (Å²) < 4.78 is 0. The van der Waals surface area contributed by atoms with E-state index in [1.54, 1.807) is 0 Å². The molecule has 210 valence electrons. The van der Waals surface area contributed by atoms with Gasteiger partial charge in [-0.15, -0.1) is 0 Å². The van der Waals surface area contributed by atoms with Crippen LogP contribution in [0.1, 0.15) is 116 Å². The Bertz CT molecular complexity index is 542. The summed E-state index contributed by atoms with van der Waals surface area (Å²) in [7, 11) is 0. The van der Waals surface area contributed by atoms with Gasteiger partial charge in [0.1, 0.15) is 0 Å². The van der Waals surface area contributed by atoms with Crippen molar-refractivity contribution in [2.75, 3.05) is 0 Å². The number of carbonyl (C=O) groups is 3. The van der Waals surface area contributed by atoms with Crippen LogP contribution in [0.3, 0.4) is 0 Å². The normalized spacial score (nSPS) is 21.5. The molecule has 3 N–H and O–H groups in total. The van der Waals surface area contributed by atoms with Crippen LogP contribution in [-0.4, -0.2) is 68.9 Å². The third-order valence-electron chi connectivity index (χ3n) is 7.66. The van der Waals surface area contributed by atoms with Gasteiger partial charge in [-0.2, -0.15) is 0 Å². The summed E-state index contributed by atoms with van der Waals surface area (Å²) in [6, 6.07) is 0. The molecule has 3 unspecified atom stereocenters. The van der Waals surface area contributed by atoms with Crippen LogP contribution in [-0.2, 0) is 14.4 Å². The molecule has 0 bridgehead atoms. The van der Waals surface area contributed by atoms with Crippen molar-refractivity contribution in [1.29, 1.82) is 0 Å². The molecule has 10 heteroatoms. The van der Waals surface area contributed by atoms with Gasteiger partial charge in [-0.3, -0.25) is 0 Å². The van der Waals surface area contributed by atoms with Crippen molar-refractivity contribution >= 4 is 35.3 Å². The van der Waals surface area contributed by atoms with E-state index in [1.807, 2.05) is 0 Å². The van der Waals surface area contributed by atoms with Gasteiger partial charge in [-0.05, 0) is 37.0 Å². The number of rotatable bonds is 9. The van der Waals surface area contributed by atoms with Crippen molar-refractivity contribution in [3.8, 4) is 0 Å². The van der Waals surface area contributed by atoms with E-state index >= 15 is 0 Å². The quantitative estimate of drug-likeness (QED) is 0.334. The fourth-order valence-electron chi connectivity index (χ4n) is 5.50. The molecule has 3 fully saturated rings. The van der Waals surface area contributed by atoms with Crippen molar-refractivity contribution in [2.45, 2.75) is 134 Å². The van der Waals surface area contributed by atoms with Gasteiger partial charge in [0.25, 0.3) is 0 Å². The van der Waals surface area contributed by atoms with Crippen LogP contribution in [0.5, 0.6) is 0 Å². The Morgan fingerprint density at radius 2 is 0.676 bits per heavy atom. The van der Waals surface area contributed by atoms with Gasteiger partial charge < -0.3 is 45.0 Å². The fourth-order valence-corrected chi connectivity index (χ4v) is 5.50. The average Bonchev–Trinajstić information content (AvgIpc) is 2.86. The van der Waals surface area contributed by atoms with Crippen LogP contribution in [0.15, 0.2) is 0 Å². The molecule has 3 rings (SSSR count). The van der Waals surface area contributed by atoms with Gasteiger partial charge in [0.15, 0.2) is 0 Å². The molecule has 0 saturated heterocycles. The molecule has 0 spiro atoms. The summed E-state index contributed by atoms with van der Waals surface area (Å²) in [4.78, 5) is 30.6. The van der Waals surface area contributed by atoms with Crippen LogP contribution in [0.25, 0.3) is 0 Å². The Hall–Kier alpha value is -1.18. The molecular weight excluding hydrogens is 495 g/mol. The van der Waals surface area contributed by atoms with Crippen molar-refractivity contribution in [2.24, 2.45) is 17.8 Å². The Balaban J connectivity index is 0.000000518. The molecule has 0 amide bonds. The SMILES string of the molecule is O=C([O-])C(O)CC1CCCCC1.O=C([O-])C(O)CC1CCCCC1.O=C([O-])C(O)CC1CCCCC1.[Al+3]. The second-order valence-corrected chi connectivity index (χ2v) is 10.7. The molecule has 3 aliphatic rings. The molecule has 0 aromatic heterocycles. The van der Waals surface area contributed by atoms with E-state index in [0.29, 0.717) is 37.0 Å². The number of aliphatic hydroxyl groups excluding tert-OH is 3. The maximum absolute atomic E-state index is 10.2. The first kappa shape index (κ1) is 35.8. The zero-order valence-electron chi connectivity index (χ0n) is 22.1. The summed E-state index contributed by atoms with van der Waals surface area (Å²) in [6.45, 7) is 0. The van der Waals surface area contributed by atoms with Gasteiger partial charge in [-0.25, -0.2) is 0 Å². The van der Waals surface area contributed by atoms with E-state index in [4.69, 9.17) is 15.3 Å². The van der Waals surface area contributed by atoms with Crippen molar-refractivity contribution in [1.82, 2.24) is 0 Å². The number of hydrogen-bond donors (Lipinski definition) is 3. The van der Waals surface area contributed by atoms with E-state index in [1.165, 1.54) is 57.8 Å². The van der Waals surface area contributed by atoms with Crippen LogP contribution < -0.4 is 15.3 Å². The molecule has 0 radical (unpaired) electrons. The second-order valence-electron chi connectivity index (χ2n) is 10.7. The molecule has 0 heterocycles. The molecule has 3 atom stereocenters. The smallest absolute Gasteiger partial charge is 0.547 e. The van der Waals surface area contributed by atoms with E-state index in [0.717, 1.165) is 38.5 Å². The fraction of sp³-hybridized carbons (Fsp3) is 0.889. The Labute approximate surface area is 231 Å². The molecular formula is C27H45AlO9. The molecule has 3 aliphatic carbocycles. The van der Waals surface area contributed by atoms with Crippen molar-refractivity contribution in [3.05, 3.63) is 0 Å². The topological polar surface area (TPSA) is 181 Å². The van der Waals surface area contributed by atoms with Gasteiger partial charge in [0.2, 0.25) is 0 Å². The van der Waals surface area contributed by atoms with E-state index in [2.05, 4.69) is 0 Å². The summed E-state index contributed by atoms with van der Waals surface area (Å²) in [5.41, 5.74) is 0. The summed E-state index contributed by atoms with van der Waals surface area (Å²) in [6.07, 6.45) is 14.5. The third kappa shape index (κ3) is 17.1. The minimum Gasteiger partial charge on any atom is -0.547 e. The number of carbonyl (C=O) groups excluding carboxylic acids is 3. The van der Waals surface area contributed by atoms with Gasteiger partial charge in [0, 0.05) is 0 Å². The van der Waals surface area contributed by atoms with Crippen LogP contribution in [0, 0.1) is 17.8 Å². The van der Waals surface area contributed by atoms with Crippen molar-refractivity contribution < 1.29 is 45.0 Å². The molecule has 9 nitrogen and oxygen atoms in total. The predicted octanol–water partition coefficient (Wildman–Crippen LogP) is -0.178. The maximum atomic E-state index is 10.2. The van der Waals surface area contributed by atoms with E-state index in [-0.39, 0.29) is 17.4 Å². The maximum Gasteiger partial charge on any atom is 3.00 e. The third-order valence-corrected chi connectivity index (χ3v) is 7.66. The average molecular weight is 541 g/mol. The second kappa shape index (κ2) is 20.7. The zero-order chi connectivity index (χ0) is 26.9. The minimum absolute atomic E-state index is 0. The standard InChI is InChI=1S/3C9H16O3.Al/c3*10-8(9(11)12)6-7-4-2-1-3-5-7;/h3*7-8,10H,1-6H2,(H,11,12);/q;;;+3/p-3. The Kier molecular flexibility index (Phi) is 20.1. The van der Waals surface area contributed by atoms with Crippen LogP contribution >= 0.6 is 0 Å². The molecule has 0 aromatic carbocycles. The summed E-state index contributed by atoms with van der Waals surface area (Å²) in [5.74, 6) is -2.81. The first-order chi connectivity index (χ1) is 17.1. The van der Waals surface area contributed by atoms with Gasteiger partial charge in [-0.1, -0.05) is 96.3 Å². The number of carboxylic acids is 3. The molecule has 37 heavy (non-hydrogen) atoms. The first-order valence-electron chi connectivity index (χ1n) is 13.8. The van der Waals surface area contributed by atoms with Crippen LogP contribution in [0.2, 0.25) is 0 Å². The predicted molar refractivity (Wildman–Crippen MR) is 132 cm³/mol. The first-order valence-corrected chi connectivity index (χ1v) is 13.8. The summed E-state index contributed by atoms with van der Waals surface area (Å²) >= 11 is 0. The zero-order valence-corrected chi connectivity index (χ0v) is 23.2. The van der Waals surface area contributed by atoms with Gasteiger partial charge >= 0.3 is 17.4 Å². The van der Waals surface area contributed by atoms with E-state index < -0.39 is 36.2 Å². The van der Waals surface area contributed by atoms with E-state index in [9.17, 15) is 29.7 Å². The number of aliphatic hydroxyl groups is 3. The Morgan fingerprint density at radius 1 is 0.486 bits per heavy atom. The monoisotopic (exact) mass is 540 g/mol. The minimum atomic E-state index is -1.33. The molecule has 0 aliphatic heterocycles. The molecule has 3 saturated carbocycles. The number of hydrogen-bond acceptors (Lipinski definition) is 9. The largest absolute Gasteiger partial charge is 3.00 e. The van der Waals surface area contributed by atoms with Crippen molar-refractivity contribution in [3.63, 3.8) is 0 Å². The van der Waals surface area contributed by atoms with Gasteiger partial charge in [0.05, 0.1) is 36.2 Å².